The van der Waals surface area contributed by atoms with Crippen LogP contribution in [0.15, 0.2) is 108 Å². The zero-order chi connectivity index (χ0) is 59.6. The van der Waals surface area contributed by atoms with E-state index in [-0.39, 0.29) is 97.6 Å². The van der Waals surface area contributed by atoms with Gasteiger partial charge in [-0.15, -0.1) is 0 Å². The highest BCUT2D eigenvalue weighted by molar-refractivity contribution is 7.70. The number of aryl methyl sites for hydroxylation is 1. The lowest BCUT2D eigenvalue weighted by Gasteiger charge is -2.39. The highest BCUT2D eigenvalue weighted by atomic mass is 31.2. The van der Waals surface area contributed by atoms with E-state index in [1.807, 2.05) is 78.9 Å². The maximum Gasteiger partial charge on any atom is 0.396 e. The topological polar surface area (TPSA) is 335 Å². The molecular weight excluding hydrogens is 1100 g/mol. The van der Waals surface area contributed by atoms with Crippen molar-refractivity contribution in [2.75, 3.05) is 13.1 Å². The summed E-state index contributed by atoms with van der Waals surface area (Å²) in [6, 6.07) is 23.7. The first-order chi connectivity index (χ1) is 40.2. The average molecular weight is 1170 g/mol. The van der Waals surface area contributed by atoms with Gasteiger partial charge in [0.2, 0.25) is 41.4 Å². The standard InChI is InChI=1S/C60H67N10O13P/c1-67-49-29-36(16-21-46(49)70(60(67)80)48-23-25-51(72)65-57(48)77)28-34-12-14-35(15-13-34)30-52(73)68-27-26-41-18-22-47(56(76)63-43(20-24-50(61)71)54(74)66-53(37-8-4-2-5-9-37)38-10-6-3-7-11-38)69(41)58(78)45(33-68)64-55(75)44-32-40-31-39(17-19-42(40)62-44)59(79)84(81,82)83/h2-11,16-17,19,21,29,31-32,34-35,41,43,45,47-48,53,62H,12-15,18,20,22-28,30,33H2,1H3,(H2,61,71)(H,63,76)(H,64,75)(H,66,74)(H,65,72,77)(H2,81,82,83)/t34?,35?,41-,43?,45+,47+,48-/m1/s1. The minimum atomic E-state index is -5.13. The first-order valence-corrected chi connectivity index (χ1v) is 30.0. The number of imidazole rings is 1. The number of rotatable bonds is 18. The van der Waals surface area contributed by atoms with Crippen molar-refractivity contribution >= 4 is 82.3 Å². The number of aromatic nitrogens is 3. The van der Waals surface area contributed by atoms with Gasteiger partial charge < -0.3 is 46.3 Å². The minimum absolute atomic E-state index is 0.0221. The fourth-order valence-electron chi connectivity index (χ4n) is 12.6. The van der Waals surface area contributed by atoms with Crippen LogP contribution in [-0.4, -0.2) is 124 Å². The molecule has 1 unspecified atom stereocenters. The van der Waals surface area contributed by atoms with Crippen LogP contribution in [-0.2, 0) is 51.6 Å². The number of carbonyl (C=O) groups is 9. The number of H-pyrrole nitrogens is 1. The fraction of sp³-hybridized carbons (Fsp3) is 0.400. The first kappa shape index (κ1) is 58.7. The summed E-state index contributed by atoms with van der Waals surface area (Å²) in [6.07, 6.45) is 4.91. The molecule has 5 atom stereocenters. The summed E-state index contributed by atoms with van der Waals surface area (Å²) >= 11 is 0. The van der Waals surface area contributed by atoms with Gasteiger partial charge in [0.1, 0.15) is 29.9 Å². The Balaban J connectivity index is 0.845. The molecular formula is C60H67N10O13P. The van der Waals surface area contributed by atoms with Crippen LogP contribution in [0.3, 0.4) is 0 Å². The summed E-state index contributed by atoms with van der Waals surface area (Å²) in [5.41, 5.74) is 7.66. The van der Waals surface area contributed by atoms with Crippen molar-refractivity contribution < 1.29 is 57.5 Å². The zero-order valence-corrected chi connectivity index (χ0v) is 47.1. The molecule has 6 aromatic rings. The number of hydrogen-bond acceptors (Lipinski definition) is 11. The van der Waals surface area contributed by atoms with Crippen molar-refractivity contribution in [3.8, 4) is 0 Å². The lowest BCUT2D eigenvalue weighted by molar-refractivity contribution is -0.146. The van der Waals surface area contributed by atoms with E-state index in [0.717, 1.165) is 48.8 Å². The Kier molecular flexibility index (Phi) is 17.3. The van der Waals surface area contributed by atoms with Gasteiger partial charge in [-0.2, -0.15) is 0 Å². The van der Waals surface area contributed by atoms with E-state index >= 15 is 4.79 Å². The Hall–Kier alpha value is -8.53. The Morgan fingerprint density at radius 2 is 1.46 bits per heavy atom. The number of amides is 8. The third-order valence-electron chi connectivity index (χ3n) is 17.0. The van der Waals surface area contributed by atoms with E-state index in [1.165, 1.54) is 38.3 Å². The monoisotopic (exact) mass is 1170 g/mol. The third-order valence-corrected chi connectivity index (χ3v) is 17.8. The van der Waals surface area contributed by atoms with Crippen molar-refractivity contribution in [2.45, 2.75) is 120 Å². The number of nitrogens with zero attached hydrogens (tertiary/aromatic N) is 4. The number of carbonyl (C=O) groups excluding carboxylic acids is 9. The van der Waals surface area contributed by atoms with Crippen molar-refractivity contribution in [3.05, 3.63) is 142 Å². The van der Waals surface area contributed by atoms with Crippen molar-refractivity contribution in [1.29, 1.82) is 0 Å². The van der Waals surface area contributed by atoms with Crippen LogP contribution < -0.4 is 32.7 Å². The van der Waals surface area contributed by atoms with Crippen LogP contribution in [0.1, 0.15) is 127 Å². The van der Waals surface area contributed by atoms with Crippen LogP contribution in [0, 0.1) is 11.8 Å². The number of aromatic amines is 1. The molecule has 4 aliphatic rings. The molecule has 3 aliphatic heterocycles. The molecule has 440 valence electrons. The highest BCUT2D eigenvalue weighted by Gasteiger charge is 2.46. The number of benzene rings is 4. The fourth-order valence-corrected chi connectivity index (χ4v) is 13.1. The quantitative estimate of drug-likeness (QED) is 0.0448. The van der Waals surface area contributed by atoms with Gasteiger partial charge in [-0.3, -0.25) is 62.2 Å². The summed E-state index contributed by atoms with van der Waals surface area (Å²) in [7, 11) is -3.47. The van der Waals surface area contributed by atoms with E-state index < -0.39 is 84.8 Å². The van der Waals surface area contributed by atoms with Gasteiger partial charge in [0, 0.05) is 61.9 Å². The zero-order valence-electron chi connectivity index (χ0n) is 46.2. The van der Waals surface area contributed by atoms with Crippen LogP contribution in [0.2, 0.25) is 0 Å². The molecule has 10 rings (SSSR count). The number of primary amides is 1. The normalized spacial score (nSPS) is 21.5. The molecule has 84 heavy (non-hydrogen) atoms. The summed E-state index contributed by atoms with van der Waals surface area (Å²) in [6.45, 7) is -0.0654. The maximum atomic E-state index is 15.2. The molecule has 0 radical (unpaired) electrons. The van der Waals surface area contributed by atoms with E-state index in [9.17, 15) is 57.5 Å². The molecule has 2 aromatic heterocycles. The van der Waals surface area contributed by atoms with Gasteiger partial charge in [0.15, 0.2) is 0 Å². The molecule has 1 aliphatic carbocycles. The molecule has 5 heterocycles. The van der Waals surface area contributed by atoms with E-state index in [1.54, 1.807) is 11.9 Å². The molecule has 9 N–H and O–H groups in total. The summed E-state index contributed by atoms with van der Waals surface area (Å²) < 4.78 is 14.8. The number of nitrogens with two attached hydrogens (primary N) is 1. The Morgan fingerprint density at radius 1 is 0.774 bits per heavy atom. The van der Waals surface area contributed by atoms with Crippen LogP contribution in [0.25, 0.3) is 21.9 Å². The first-order valence-electron chi connectivity index (χ1n) is 28.4. The largest absolute Gasteiger partial charge is 0.396 e. The molecule has 1 saturated carbocycles. The third kappa shape index (κ3) is 12.8. The molecule has 0 bridgehead atoms. The lowest BCUT2D eigenvalue weighted by Crippen LogP contribution is -2.62. The van der Waals surface area contributed by atoms with Crippen molar-refractivity contribution in [3.63, 3.8) is 0 Å². The van der Waals surface area contributed by atoms with E-state index in [0.29, 0.717) is 29.4 Å². The second-order valence-corrected chi connectivity index (χ2v) is 24.1. The van der Waals surface area contributed by atoms with Crippen molar-refractivity contribution in [1.82, 2.24) is 45.2 Å². The van der Waals surface area contributed by atoms with Crippen molar-refractivity contribution in [2.24, 2.45) is 24.6 Å². The smallest absolute Gasteiger partial charge is 0.370 e. The molecule has 4 aromatic carbocycles. The Labute approximate surface area is 482 Å². The summed E-state index contributed by atoms with van der Waals surface area (Å²) in [5.74, 6) is -4.13. The molecule has 24 heteroatoms. The Bertz CT molecular complexity index is 3640. The van der Waals surface area contributed by atoms with Gasteiger partial charge in [0.05, 0.1) is 17.1 Å². The molecule has 8 amide bonds. The number of nitrogens with one attached hydrogen (secondary N) is 5. The molecule has 23 nitrogen and oxygen atoms in total. The molecule has 3 saturated heterocycles. The Morgan fingerprint density at radius 3 is 2.13 bits per heavy atom. The van der Waals surface area contributed by atoms with Gasteiger partial charge >= 0.3 is 13.3 Å². The number of imide groups is 1. The summed E-state index contributed by atoms with van der Waals surface area (Å²) in [4.78, 5) is 161. The van der Waals surface area contributed by atoms with E-state index in [4.69, 9.17) is 5.73 Å². The minimum Gasteiger partial charge on any atom is -0.370 e. The van der Waals surface area contributed by atoms with Crippen LogP contribution in [0.5, 0.6) is 0 Å². The second-order valence-electron chi connectivity index (χ2n) is 22.6. The van der Waals surface area contributed by atoms with Gasteiger partial charge in [-0.1, -0.05) is 66.7 Å². The van der Waals surface area contributed by atoms with Crippen LogP contribution >= 0.6 is 7.60 Å². The van der Waals surface area contributed by atoms with Gasteiger partial charge in [-0.25, -0.2) is 4.79 Å². The van der Waals surface area contributed by atoms with Gasteiger partial charge in [0.25, 0.3) is 11.4 Å². The van der Waals surface area contributed by atoms with Gasteiger partial charge in [-0.05, 0) is 129 Å². The number of hydrogen-bond donors (Lipinski definition) is 8. The predicted molar refractivity (Wildman–Crippen MR) is 306 cm³/mol. The molecule has 4 fully saturated rings. The lowest BCUT2D eigenvalue weighted by atomic mass is 9.78. The highest BCUT2D eigenvalue weighted by Crippen LogP contribution is 2.40. The predicted octanol–water partition coefficient (Wildman–Crippen LogP) is 3.90. The second kappa shape index (κ2) is 24.7. The number of fused-ring (bicyclic) bond motifs is 3. The van der Waals surface area contributed by atoms with Crippen LogP contribution in [0.4, 0.5) is 0 Å². The summed E-state index contributed by atoms with van der Waals surface area (Å²) in [5, 5.41) is 11.3. The maximum absolute atomic E-state index is 15.2. The SMILES string of the molecule is Cn1c(=O)n([C@@H]2CCC(=O)NC2=O)c2ccc(CC3CCC(CC(=O)N4CC[C@H]5CC[C@@H](C(=O)NC(CCC(N)=O)C(=O)NC(c6ccccc6)c6ccccc6)N5C(=O)[C@@H](NC(=O)c5cc6cc(C(=O)P(=O)(O)O)ccc6[nH]5)C4)CC3)cc21. The van der Waals surface area contributed by atoms with E-state index in [2.05, 4.69) is 26.3 Å². The average Bonchev–Trinajstić information content (AvgIpc) is 3.38. The number of piperidine rings is 1. The molecule has 0 spiro atoms.